The normalized spacial score (nSPS) is 27.0. The van der Waals surface area contributed by atoms with Crippen molar-refractivity contribution in [1.82, 2.24) is 19.4 Å². The molecule has 7 aromatic rings. The monoisotopic (exact) mass is 1370 g/mol. The summed E-state index contributed by atoms with van der Waals surface area (Å²) in [5, 5.41) is 59.1. The van der Waals surface area contributed by atoms with Crippen LogP contribution in [0.15, 0.2) is 133 Å². The van der Waals surface area contributed by atoms with Crippen LogP contribution in [0.2, 0.25) is 0 Å². The SMILES string of the molecule is CC(C)c1c(C(=O)Nc2ccccc2)c(-c2ccccc2)c(-c2ccc(F)cc2)n1CC[C@@H](O)C[C@@H](O)CC(=O)O.CC[C@]1(O)C[C@@H]2CN(CCc3c([nH]c4ccccc34)[C@@](C(=O)OC)(c3cc4c(cc3OC)N(C)[C@H]3[C@@](O)(C(=O)OC)[C@H](OC(C)=O)[C@]5(CC)C=CCN6CC[C@]43[C@@H]65)C2)C1. The Hall–Kier alpha value is -8.70. The van der Waals surface area contributed by atoms with E-state index in [9.17, 15) is 44.0 Å². The van der Waals surface area contributed by atoms with Crippen molar-refractivity contribution in [1.29, 1.82) is 0 Å². The second kappa shape index (κ2) is 28.0. The number of methoxy groups -OCH3 is 3. The zero-order valence-corrected chi connectivity index (χ0v) is 58.4. The van der Waals surface area contributed by atoms with Gasteiger partial charge < -0.3 is 64.2 Å². The third kappa shape index (κ3) is 12.1. The molecule has 0 radical (unpaired) electrons. The lowest BCUT2D eigenvalue weighted by atomic mass is 9.47. The molecule has 2 aromatic heterocycles. The number of nitrogens with zero attached hydrogens (tertiary/aromatic N) is 4. The Bertz CT molecular complexity index is 4250. The number of aliphatic hydroxyl groups excluding tert-OH is 2. The fourth-order valence-electron chi connectivity index (χ4n) is 18.7. The predicted octanol–water partition coefficient (Wildman–Crippen LogP) is 10.3. The number of piperidine rings is 1. The largest absolute Gasteiger partial charge is 0.496 e. The summed E-state index contributed by atoms with van der Waals surface area (Å²) in [6.45, 7) is 12.9. The second-order valence-electron chi connectivity index (χ2n) is 28.6. The Kier molecular flexibility index (Phi) is 19.9. The van der Waals surface area contributed by atoms with Crippen molar-refractivity contribution >= 4 is 52.1 Å². The number of carbonyl (C=O) groups is 5. The van der Waals surface area contributed by atoms with E-state index in [0.717, 1.165) is 44.7 Å². The van der Waals surface area contributed by atoms with Gasteiger partial charge in [-0.1, -0.05) is 107 Å². The van der Waals surface area contributed by atoms with E-state index < -0.39 is 82.1 Å². The number of likely N-dealkylation sites (N-methyl/N-ethyl adjacent to an activating group) is 1. The summed E-state index contributed by atoms with van der Waals surface area (Å²) in [4.78, 5) is 78.2. The van der Waals surface area contributed by atoms with Crippen molar-refractivity contribution in [2.24, 2.45) is 11.3 Å². The number of benzene rings is 5. The Morgan fingerprint density at radius 3 is 2.14 bits per heavy atom. The molecule has 2 bridgehead atoms. The average molecular weight is 1370 g/mol. The van der Waals surface area contributed by atoms with Crippen molar-refractivity contribution in [2.75, 3.05) is 71.3 Å². The predicted molar refractivity (Wildman–Crippen MR) is 378 cm³/mol. The van der Waals surface area contributed by atoms with E-state index >= 15 is 4.79 Å². The smallest absolute Gasteiger partial charge is 0.344 e. The van der Waals surface area contributed by atoms with Gasteiger partial charge in [0.1, 0.15) is 17.0 Å². The maximum Gasteiger partial charge on any atom is 0.344 e. The van der Waals surface area contributed by atoms with Crippen LogP contribution in [-0.4, -0.2) is 177 Å². The molecule has 20 nitrogen and oxygen atoms in total. The number of H-pyrrole nitrogens is 1. The second-order valence-corrected chi connectivity index (χ2v) is 28.6. The number of carboxylic acid groups (broad SMARTS) is 1. The van der Waals surface area contributed by atoms with Crippen molar-refractivity contribution in [2.45, 2.75) is 157 Å². The third-order valence-electron chi connectivity index (χ3n) is 22.5. The van der Waals surface area contributed by atoms with Crippen LogP contribution >= 0.6 is 0 Å². The standard InChI is InChI=1S/C46H58N4O9.C33H35FN2O5/c1-8-42(54)23-28-24-45(40(52)57-6,36-30(15-19-49(25-28)26-42)29-13-10-11-14-33(29)47-36)32-21-31-34(22-35(32)56-5)48(4)38-44(31)17-20-50-18-12-16-43(9-2,37(44)50)39(59-27(3)51)46(38,55)41(53)58-7;1-21(2)31-30(33(41)35-25-11-7-4-8-12-25)29(22-9-5-3-6-10-22)32(23-13-15-24(34)16-14-23)36(31)18-17-26(37)19-27(38)20-28(39)40/h10-14,16,21-22,28,37-39,47,54-55H,8-9,15,17-20,23-26H2,1-7H3;3-16,21,26-27,37-38H,17-20H2,1-2H3,(H,35,41)(H,39,40)/t28-,37-,38+,39+,42-,43+,44+,45-,46-;26-,27-/m01/s1. The zero-order chi connectivity index (χ0) is 71.4. The molecule has 13 rings (SSSR count). The number of carbonyl (C=O) groups excluding carboxylic acids is 4. The maximum absolute atomic E-state index is 15.3. The van der Waals surface area contributed by atoms with E-state index in [1.165, 1.54) is 33.3 Å². The van der Waals surface area contributed by atoms with Crippen LogP contribution in [0.3, 0.4) is 0 Å². The average Bonchev–Trinajstić information content (AvgIpc) is 1.45. The fraction of sp³-hybridized carbons (Fsp3) is 0.456. The van der Waals surface area contributed by atoms with Gasteiger partial charge in [0.2, 0.25) is 5.60 Å². The first-order chi connectivity index (χ1) is 47.9. The number of esters is 3. The lowest BCUT2D eigenvalue weighted by Crippen LogP contribution is -2.81. The van der Waals surface area contributed by atoms with E-state index in [-0.39, 0.29) is 49.0 Å². The van der Waals surface area contributed by atoms with Gasteiger partial charge in [-0.15, -0.1) is 0 Å². The van der Waals surface area contributed by atoms with Crippen molar-refractivity contribution in [3.8, 4) is 28.1 Å². The van der Waals surface area contributed by atoms with Crippen LogP contribution in [0.4, 0.5) is 15.8 Å². The molecule has 5 aliphatic heterocycles. The Morgan fingerprint density at radius 2 is 1.49 bits per heavy atom. The minimum atomic E-state index is -2.30. The van der Waals surface area contributed by atoms with Crippen molar-refractivity contribution < 1.29 is 72.8 Å². The summed E-state index contributed by atoms with van der Waals surface area (Å²) in [6.07, 6.45) is 3.44. The highest BCUT2D eigenvalue weighted by molar-refractivity contribution is 6.12. The number of aromatic amines is 1. The minimum absolute atomic E-state index is 0.0939. The Morgan fingerprint density at radius 1 is 0.800 bits per heavy atom. The molecule has 1 spiro atoms. The number of hydrogen-bond acceptors (Lipinski definition) is 16. The molecule has 100 heavy (non-hydrogen) atoms. The number of amides is 1. The lowest BCUT2D eigenvalue weighted by Gasteiger charge is -2.63. The van der Waals surface area contributed by atoms with Crippen LogP contribution in [-0.2, 0) is 57.2 Å². The van der Waals surface area contributed by atoms with E-state index in [1.807, 2.05) is 129 Å². The van der Waals surface area contributed by atoms with Gasteiger partial charge in [0, 0.05) is 114 Å². The molecule has 12 atom stereocenters. The summed E-state index contributed by atoms with van der Waals surface area (Å²) >= 11 is 0. The van der Waals surface area contributed by atoms with Gasteiger partial charge in [0.25, 0.3) is 5.91 Å². The van der Waals surface area contributed by atoms with E-state index in [0.29, 0.717) is 111 Å². The fourth-order valence-corrected chi connectivity index (χ4v) is 18.7. The molecule has 1 amide bonds. The number of hydrogen-bond donors (Lipinski definition) is 7. The van der Waals surface area contributed by atoms with E-state index in [4.69, 9.17) is 24.1 Å². The minimum Gasteiger partial charge on any atom is -0.496 e. The zero-order valence-electron chi connectivity index (χ0n) is 58.4. The number of rotatable bonds is 19. The Labute approximate surface area is 582 Å². The van der Waals surface area contributed by atoms with Crippen LogP contribution in [0.1, 0.15) is 130 Å². The van der Waals surface area contributed by atoms with Crippen LogP contribution in [0.5, 0.6) is 5.75 Å². The highest BCUT2D eigenvalue weighted by atomic mass is 19.1. The first kappa shape index (κ1) is 71.1. The Balaban J connectivity index is 0.000000203. The first-order valence-electron chi connectivity index (χ1n) is 34.9. The van der Waals surface area contributed by atoms with Gasteiger partial charge in [-0.25, -0.2) is 9.18 Å². The third-order valence-corrected chi connectivity index (χ3v) is 22.5. The number of aliphatic carboxylic acids is 1. The number of anilines is 2. The van der Waals surface area contributed by atoms with Gasteiger partial charge >= 0.3 is 23.9 Å². The van der Waals surface area contributed by atoms with Gasteiger partial charge in [-0.05, 0) is 141 Å². The van der Waals surface area contributed by atoms with Crippen LogP contribution < -0.4 is 15.0 Å². The highest BCUT2D eigenvalue weighted by Crippen LogP contribution is 2.68. The van der Waals surface area contributed by atoms with E-state index in [2.05, 4.69) is 44.4 Å². The highest BCUT2D eigenvalue weighted by Gasteiger charge is 2.80. The number of para-hydroxylation sites is 2. The first-order valence-corrected chi connectivity index (χ1v) is 34.9. The topological polar surface area (TPSA) is 266 Å². The van der Waals surface area contributed by atoms with Crippen LogP contribution in [0, 0.1) is 17.2 Å². The maximum atomic E-state index is 15.3. The number of aromatic nitrogens is 2. The number of carboxylic acids is 1. The van der Waals surface area contributed by atoms with Crippen molar-refractivity contribution in [3.05, 3.63) is 173 Å². The summed E-state index contributed by atoms with van der Waals surface area (Å²) < 4.78 is 39.9. The molecule has 7 N–H and O–H groups in total. The lowest BCUT2D eigenvalue weighted by molar-refractivity contribution is -0.228. The molecule has 3 fully saturated rings. The molecule has 2 saturated heterocycles. The number of ether oxygens (including phenoxy) is 4. The molecule has 21 heteroatoms. The quantitative estimate of drug-likeness (QED) is 0.0225. The van der Waals surface area contributed by atoms with E-state index in [1.54, 1.807) is 19.2 Å². The molecular weight excluding hydrogens is 1280 g/mol. The molecule has 1 saturated carbocycles. The molecule has 530 valence electrons. The number of halogens is 1. The summed E-state index contributed by atoms with van der Waals surface area (Å²) in [5.41, 5.74) is 3.15. The molecule has 1 unspecified atom stereocenters. The van der Waals surface area contributed by atoms with Gasteiger partial charge in [-0.3, -0.25) is 29.0 Å². The number of fused-ring (bicyclic) bond motifs is 6. The van der Waals surface area contributed by atoms with Gasteiger partial charge in [-0.2, -0.15) is 0 Å². The van der Waals surface area contributed by atoms with Gasteiger partial charge in [0.05, 0.1) is 62.9 Å². The molecule has 1 aliphatic carbocycles. The van der Waals surface area contributed by atoms with Crippen molar-refractivity contribution in [3.63, 3.8) is 0 Å². The summed E-state index contributed by atoms with van der Waals surface area (Å²) in [6, 6.07) is 35.7. The molecule has 6 aliphatic rings. The van der Waals surface area contributed by atoms with Gasteiger partial charge in [0.15, 0.2) is 6.10 Å². The number of nitrogens with one attached hydrogen (secondary N) is 2. The summed E-state index contributed by atoms with van der Waals surface area (Å²) in [5.74, 6) is -3.50. The molecular formula is C79H93FN6O14. The van der Waals surface area contributed by atoms with Crippen LogP contribution in [0.25, 0.3) is 33.3 Å². The number of aliphatic hydroxyl groups is 4. The molecule has 5 aromatic carbocycles. The molecule has 7 heterocycles. The summed E-state index contributed by atoms with van der Waals surface area (Å²) in [7, 11) is 6.15.